The van der Waals surface area contributed by atoms with Gasteiger partial charge in [0.25, 0.3) is 5.91 Å². The van der Waals surface area contributed by atoms with Crippen LogP contribution in [0.1, 0.15) is 31.9 Å². The molecule has 6 heteroatoms. The van der Waals surface area contributed by atoms with E-state index in [0.717, 1.165) is 30.4 Å². The van der Waals surface area contributed by atoms with Crippen molar-refractivity contribution in [2.45, 2.75) is 26.3 Å². The van der Waals surface area contributed by atoms with Gasteiger partial charge in [-0.1, -0.05) is 42.5 Å². The number of aliphatic imine (C=N–C) groups is 1. The topological polar surface area (TPSA) is 66.0 Å². The first kappa shape index (κ1) is 19.7. The van der Waals surface area contributed by atoms with Crippen LogP contribution >= 0.6 is 0 Å². The van der Waals surface area contributed by atoms with E-state index in [4.69, 9.17) is 4.74 Å². The maximum atomic E-state index is 12.2. The van der Waals surface area contributed by atoms with Crippen molar-refractivity contribution in [3.63, 3.8) is 0 Å². The summed E-state index contributed by atoms with van der Waals surface area (Å²) >= 11 is 0. The molecule has 1 heterocycles. The number of carbonyl (C=O) groups excluding carboxylic acids is 1. The van der Waals surface area contributed by atoms with E-state index in [1.807, 2.05) is 49.4 Å². The number of hydrogen-bond acceptors (Lipinski definition) is 3. The monoisotopic (exact) mass is 380 g/mol. The normalized spacial score (nSPS) is 14.9. The number of guanidine groups is 1. The molecule has 1 aliphatic heterocycles. The first-order valence-corrected chi connectivity index (χ1v) is 9.81. The predicted molar refractivity (Wildman–Crippen MR) is 113 cm³/mol. The SMILES string of the molecule is CCNC(=NCCCN1C(=O)COc2ccccc21)NC(C)c1ccccc1. The molecule has 1 unspecified atom stereocenters. The van der Waals surface area contributed by atoms with E-state index < -0.39 is 0 Å². The Morgan fingerprint density at radius 2 is 1.93 bits per heavy atom. The van der Waals surface area contributed by atoms with Gasteiger partial charge in [-0.2, -0.15) is 0 Å². The molecule has 0 aliphatic carbocycles. The Labute approximate surface area is 166 Å². The number of nitrogens with one attached hydrogen (secondary N) is 2. The van der Waals surface area contributed by atoms with E-state index >= 15 is 0 Å². The minimum Gasteiger partial charge on any atom is -0.482 e. The fourth-order valence-corrected chi connectivity index (χ4v) is 3.17. The van der Waals surface area contributed by atoms with Crippen molar-refractivity contribution in [3.05, 3.63) is 60.2 Å². The number of hydrogen-bond donors (Lipinski definition) is 2. The summed E-state index contributed by atoms with van der Waals surface area (Å²) in [6.07, 6.45) is 0.774. The summed E-state index contributed by atoms with van der Waals surface area (Å²) in [5.41, 5.74) is 2.05. The molecule has 1 atom stereocenters. The first-order chi connectivity index (χ1) is 13.7. The fraction of sp³-hybridized carbons (Fsp3) is 0.364. The molecule has 2 N–H and O–H groups in total. The standard InChI is InChI=1S/C22H28N4O2/c1-3-23-22(25-17(2)18-10-5-4-6-11-18)24-14-9-15-26-19-12-7-8-13-20(19)28-16-21(26)27/h4-8,10-13,17H,3,9,14-16H2,1-2H3,(H2,23,24,25). The molecule has 0 bridgehead atoms. The van der Waals surface area contributed by atoms with Crippen molar-refractivity contribution in [2.75, 3.05) is 31.1 Å². The minimum absolute atomic E-state index is 0.00888. The molecule has 1 aliphatic rings. The van der Waals surface area contributed by atoms with E-state index in [2.05, 4.69) is 34.7 Å². The summed E-state index contributed by atoms with van der Waals surface area (Å²) in [4.78, 5) is 18.7. The summed E-state index contributed by atoms with van der Waals surface area (Å²) < 4.78 is 5.49. The Bertz CT molecular complexity index is 807. The Kier molecular flexibility index (Phi) is 6.89. The third kappa shape index (κ3) is 5.03. The summed E-state index contributed by atoms with van der Waals surface area (Å²) in [7, 11) is 0. The summed E-state index contributed by atoms with van der Waals surface area (Å²) in [6, 6.07) is 18.1. The van der Waals surface area contributed by atoms with Crippen LogP contribution in [0.4, 0.5) is 5.69 Å². The summed E-state index contributed by atoms with van der Waals surface area (Å²) in [6.45, 7) is 6.31. The molecule has 0 saturated heterocycles. The van der Waals surface area contributed by atoms with Crippen molar-refractivity contribution >= 4 is 17.6 Å². The molecule has 0 aromatic heterocycles. The average Bonchev–Trinajstić information content (AvgIpc) is 2.73. The number of ether oxygens (including phenoxy) is 1. The molecule has 3 rings (SSSR count). The summed E-state index contributed by atoms with van der Waals surface area (Å²) in [5.74, 6) is 1.54. The van der Waals surface area contributed by atoms with Gasteiger partial charge in [0, 0.05) is 19.6 Å². The molecule has 0 spiro atoms. The van der Waals surface area contributed by atoms with Crippen LogP contribution in [-0.4, -0.2) is 38.1 Å². The number of carbonyl (C=O) groups is 1. The van der Waals surface area contributed by atoms with Gasteiger partial charge in [0.05, 0.1) is 11.7 Å². The van der Waals surface area contributed by atoms with Crippen LogP contribution in [0, 0.1) is 0 Å². The fourth-order valence-electron chi connectivity index (χ4n) is 3.17. The Morgan fingerprint density at radius 1 is 1.18 bits per heavy atom. The maximum absolute atomic E-state index is 12.2. The van der Waals surface area contributed by atoms with Crippen LogP contribution < -0.4 is 20.3 Å². The minimum atomic E-state index is -0.00888. The molecule has 6 nitrogen and oxygen atoms in total. The zero-order valence-electron chi connectivity index (χ0n) is 16.5. The van der Waals surface area contributed by atoms with Crippen molar-refractivity contribution < 1.29 is 9.53 Å². The lowest BCUT2D eigenvalue weighted by molar-refractivity contribution is -0.121. The Hall–Kier alpha value is -3.02. The maximum Gasteiger partial charge on any atom is 0.265 e. The number of anilines is 1. The number of benzene rings is 2. The third-order valence-corrected chi connectivity index (χ3v) is 4.62. The number of rotatable bonds is 7. The second kappa shape index (κ2) is 9.78. The molecule has 0 saturated carbocycles. The van der Waals surface area contributed by atoms with Gasteiger partial charge in [-0.15, -0.1) is 0 Å². The second-order valence-corrected chi connectivity index (χ2v) is 6.69. The molecular formula is C22H28N4O2. The molecular weight excluding hydrogens is 352 g/mol. The largest absolute Gasteiger partial charge is 0.482 e. The van der Waals surface area contributed by atoms with Gasteiger partial charge in [0.1, 0.15) is 5.75 Å². The van der Waals surface area contributed by atoms with Crippen molar-refractivity contribution in [1.82, 2.24) is 10.6 Å². The Balaban J connectivity index is 1.56. The highest BCUT2D eigenvalue weighted by atomic mass is 16.5. The van der Waals surface area contributed by atoms with Crippen molar-refractivity contribution in [2.24, 2.45) is 4.99 Å². The van der Waals surface area contributed by atoms with Crippen LogP contribution in [-0.2, 0) is 4.79 Å². The van der Waals surface area contributed by atoms with Gasteiger partial charge >= 0.3 is 0 Å². The molecule has 148 valence electrons. The molecule has 2 aromatic rings. The van der Waals surface area contributed by atoms with Crippen LogP contribution in [0.2, 0.25) is 0 Å². The highest BCUT2D eigenvalue weighted by Gasteiger charge is 2.24. The predicted octanol–water partition coefficient (Wildman–Crippen LogP) is 3.12. The highest BCUT2D eigenvalue weighted by molar-refractivity contribution is 5.97. The van der Waals surface area contributed by atoms with Gasteiger partial charge in [0.15, 0.2) is 12.6 Å². The molecule has 0 fully saturated rings. The van der Waals surface area contributed by atoms with E-state index in [-0.39, 0.29) is 18.6 Å². The number of nitrogens with zero attached hydrogens (tertiary/aromatic N) is 2. The van der Waals surface area contributed by atoms with Crippen LogP contribution in [0.3, 0.4) is 0 Å². The number of amides is 1. The zero-order chi connectivity index (χ0) is 19.8. The lowest BCUT2D eigenvalue weighted by Gasteiger charge is -2.29. The van der Waals surface area contributed by atoms with E-state index in [1.165, 1.54) is 5.56 Å². The molecule has 0 radical (unpaired) electrons. The first-order valence-electron chi connectivity index (χ1n) is 9.81. The Morgan fingerprint density at radius 3 is 2.71 bits per heavy atom. The van der Waals surface area contributed by atoms with Gasteiger partial charge in [0.2, 0.25) is 0 Å². The number of para-hydroxylation sites is 2. The third-order valence-electron chi connectivity index (χ3n) is 4.62. The van der Waals surface area contributed by atoms with Crippen molar-refractivity contribution in [1.29, 1.82) is 0 Å². The van der Waals surface area contributed by atoms with E-state index in [1.54, 1.807) is 4.90 Å². The van der Waals surface area contributed by atoms with Gasteiger partial charge < -0.3 is 20.3 Å². The quantitative estimate of drug-likeness (QED) is 0.440. The molecule has 2 aromatic carbocycles. The smallest absolute Gasteiger partial charge is 0.265 e. The highest BCUT2D eigenvalue weighted by Crippen LogP contribution is 2.31. The molecule has 28 heavy (non-hydrogen) atoms. The average molecular weight is 380 g/mol. The van der Waals surface area contributed by atoms with Gasteiger partial charge in [-0.3, -0.25) is 9.79 Å². The van der Waals surface area contributed by atoms with Gasteiger partial charge in [-0.05, 0) is 38.0 Å². The van der Waals surface area contributed by atoms with Crippen LogP contribution in [0.5, 0.6) is 5.75 Å². The molecule has 1 amide bonds. The van der Waals surface area contributed by atoms with Crippen LogP contribution in [0.15, 0.2) is 59.6 Å². The van der Waals surface area contributed by atoms with Crippen LogP contribution in [0.25, 0.3) is 0 Å². The second-order valence-electron chi connectivity index (χ2n) is 6.69. The van der Waals surface area contributed by atoms with Gasteiger partial charge in [-0.25, -0.2) is 0 Å². The van der Waals surface area contributed by atoms with Crippen molar-refractivity contribution in [3.8, 4) is 5.75 Å². The van der Waals surface area contributed by atoms with E-state index in [0.29, 0.717) is 13.1 Å². The lowest BCUT2D eigenvalue weighted by Crippen LogP contribution is -2.40. The van der Waals surface area contributed by atoms with E-state index in [9.17, 15) is 4.79 Å². The summed E-state index contributed by atoms with van der Waals surface area (Å²) in [5, 5.41) is 6.72. The lowest BCUT2D eigenvalue weighted by atomic mass is 10.1. The number of fused-ring (bicyclic) bond motifs is 1. The zero-order valence-corrected chi connectivity index (χ0v) is 16.5.